The molecule has 0 aromatic rings. The van der Waals surface area contributed by atoms with Crippen LogP contribution in [0, 0.1) is 5.92 Å². The molecule has 10 nitrogen and oxygen atoms in total. The van der Waals surface area contributed by atoms with Gasteiger partial charge >= 0.3 is 0 Å². The van der Waals surface area contributed by atoms with Gasteiger partial charge < -0.3 is 46.4 Å². The van der Waals surface area contributed by atoms with Crippen molar-refractivity contribution in [3.63, 3.8) is 0 Å². The van der Waals surface area contributed by atoms with Gasteiger partial charge in [-0.1, -0.05) is 232 Å². The molecule has 0 saturated heterocycles. The number of rotatable bonds is 44. The van der Waals surface area contributed by atoms with Crippen LogP contribution in [-0.2, 0) is 4.79 Å². The Kier molecular flexibility index (Phi) is 42.6. The predicted octanol–water partition coefficient (Wildman–Crippen LogP) is 10.1. The monoisotopic (exact) mass is 907 g/mol. The summed E-state index contributed by atoms with van der Waals surface area (Å²) in [4.78, 5) is 13.1. The second kappa shape index (κ2) is 43.0. The predicted molar refractivity (Wildman–Crippen MR) is 260 cm³/mol. The van der Waals surface area contributed by atoms with Crippen molar-refractivity contribution in [2.45, 2.75) is 300 Å². The number of aliphatic hydroxyl groups excluding tert-OH is 7. The first kappa shape index (κ1) is 61.4. The minimum atomic E-state index is -1.59. The molecule has 372 valence electrons. The van der Waals surface area contributed by atoms with Crippen LogP contribution >= 0.6 is 12.4 Å². The van der Waals surface area contributed by atoms with Crippen LogP contribution in [0.5, 0.6) is 0 Å². The quantitative estimate of drug-likeness (QED) is 0.0269. The highest BCUT2D eigenvalue weighted by atomic mass is 35.5. The molecule has 1 rings (SSSR count). The molecule has 9 atom stereocenters. The summed E-state index contributed by atoms with van der Waals surface area (Å²) in [6.07, 6.45) is 36.7. The second-order valence-corrected chi connectivity index (χ2v) is 19.2. The van der Waals surface area contributed by atoms with Crippen LogP contribution in [0.1, 0.15) is 251 Å². The summed E-state index contributed by atoms with van der Waals surface area (Å²) < 4.78 is 0. The van der Waals surface area contributed by atoms with Crippen LogP contribution in [0.4, 0.5) is 0 Å². The van der Waals surface area contributed by atoms with Crippen LogP contribution in [0.15, 0.2) is 0 Å². The van der Waals surface area contributed by atoms with Crippen LogP contribution in [-0.4, -0.2) is 104 Å². The average molecular weight is 908 g/mol. The normalized spacial score (nSPS) is 21.7. The van der Waals surface area contributed by atoms with E-state index in [2.05, 4.69) is 24.5 Å². The van der Waals surface area contributed by atoms with Gasteiger partial charge in [-0.2, -0.15) is 0 Å². The van der Waals surface area contributed by atoms with Crippen molar-refractivity contribution in [3.05, 3.63) is 0 Å². The topological polar surface area (TPSA) is 183 Å². The van der Waals surface area contributed by atoms with Gasteiger partial charge in [-0.3, -0.25) is 4.79 Å². The van der Waals surface area contributed by atoms with Gasteiger partial charge in [0.2, 0.25) is 5.91 Å². The first-order valence-corrected chi connectivity index (χ1v) is 26.4. The number of nitrogens with one attached hydrogen (secondary N) is 2. The standard InChI is InChI=1S/C51H102N2O8.ClH/c1-3-5-7-9-11-13-15-17-18-19-20-21-22-23-24-25-26-27-29-31-33-35-37-39-45(56)53-43(40-52-46-47(57)42(41-54)48(58)51(61)50(46)60)49(59)44(55)38-36-34-32-30-28-16-14-12-10-8-6-4-2;/h42-44,46-52,54-55,57-61H,3-41H2,1-2H3,(H,53,56);1H/t42-,43-,44+,46+,47+,48-,49+,50+,51-;/m0./s1. The molecule has 0 aromatic carbocycles. The number of hydrogen-bond acceptors (Lipinski definition) is 9. The zero-order valence-corrected chi connectivity index (χ0v) is 41.0. The summed E-state index contributed by atoms with van der Waals surface area (Å²) in [5.41, 5.74) is 0. The van der Waals surface area contributed by atoms with E-state index in [0.717, 1.165) is 44.9 Å². The molecule has 62 heavy (non-hydrogen) atoms. The Morgan fingerprint density at radius 3 is 1.16 bits per heavy atom. The number of carbonyl (C=O) groups excluding carboxylic acids is 1. The lowest BCUT2D eigenvalue weighted by atomic mass is 9.77. The lowest BCUT2D eigenvalue weighted by molar-refractivity contribution is -0.173. The summed E-state index contributed by atoms with van der Waals surface area (Å²) in [5, 5.41) is 79.9. The Bertz CT molecular complexity index is 969. The molecule has 0 heterocycles. The maximum absolute atomic E-state index is 13.1. The van der Waals surface area contributed by atoms with Crippen molar-refractivity contribution in [2.75, 3.05) is 13.2 Å². The molecule has 0 aliphatic heterocycles. The molecule has 1 aliphatic carbocycles. The molecule has 0 aromatic heterocycles. The third kappa shape index (κ3) is 30.6. The van der Waals surface area contributed by atoms with Gasteiger partial charge in [-0.15, -0.1) is 12.4 Å². The fourth-order valence-electron chi connectivity index (χ4n) is 9.30. The number of unbranched alkanes of at least 4 members (excludes halogenated alkanes) is 33. The van der Waals surface area contributed by atoms with E-state index >= 15 is 0 Å². The van der Waals surface area contributed by atoms with E-state index in [0.29, 0.717) is 12.8 Å². The Labute approximate surface area is 387 Å². The molecular weight excluding hydrogens is 804 g/mol. The van der Waals surface area contributed by atoms with Crippen molar-refractivity contribution in [3.8, 4) is 0 Å². The summed E-state index contributed by atoms with van der Waals surface area (Å²) >= 11 is 0. The summed E-state index contributed by atoms with van der Waals surface area (Å²) in [6, 6.07) is -2.04. The zero-order chi connectivity index (χ0) is 44.8. The molecule has 1 aliphatic rings. The van der Waals surface area contributed by atoms with Gasteiger partial charge in [-0.05, 0) is 12.8 Å². The number of carbonyl (C=O) groups is 1. The maximum atomic E-state index is 13.1. The lowest BCUT2D eigenvalue weighted by Crippen LogP contribution is -2.67. The average Bonchev–Trinajstić information content (AvgIpc) is 3.25. The van der Waals surface area contributed by atoms with E-state index in [-0.39, 0.29) is 24.9 Å². The third-order valence-electron chi connectivity index (χ3n) is 13.6. The van der Waals surface area contributed by atoms with Crippen molar-refractivity contribution in [1.82, 2.24) is 10.6 Å². The number of halogens is 1. The van der Waals surface area contributed by atoms with Crippen LogP contribution in [0.25, 0.3) is 0 Å². The van der Waals surface area contributed by atoms with Crippen molar-refractivity contribution in [1.29, 1.82) is 0 Å². The van der Waals surface area contributed by atoms with Crippen molar-refractivity contribution < 1.29 is 40.5 Å². The molecular formula is C51H103ClN2O8. The Hall–Kier alpha value is -0.560. The first-order chi connectivity index (χ1) is 29.7. The van der Waals surface area contributed by atoms with Gasteiger partial charge in [0.1, 0.15) is 18.3 Å². The van der Waals surface area contributed by atoms with Crippen LogP contribution in [0.3, 0.4) is 0 Å². The highest BCUT2D eigenvalue weighted by molar-refractivity contribution is 5.85. The Morgan fingerprint density at radius 1 is 0.468 bits per heavy atom. The van der Waals surface area contributed by atoms with Gasteiger partial charge in [-0.25, -0.2) is 0 Å². The maximum Gasteiger partial charge on any atom is 0.220 e. The number of aliphatic hydroxyl groups is 7. The van der Waals surface area contributed by atoms with Crippen molar-refractivity contribution in [2.24, 2.45) is 5.92 Å². The SMILES string of the molecule is CCCCCCCCCCCCCCCCCCCCCCCCCC(=O)N[C@@H](CN[C@@H]1[C@H](O)[C@H](CO)[C@H](O)[C@H](O)[C@@H]1O)[C@@H](O)[C@H](O)CCCCCCCCCCCCCC.Cl. The summed E-state index contributed by atoms with van der Waals surface area (Å²) in [5.74, 6) is -1.32. The molecule has 11 heteroatoms. The van der Waals surface area contributed by atoms with E-state index in [1.54, 1.807) is 0 Å². The smallest absolute Gasteiger partial charge is 0.220 e. The van der Waals surface area contributed by atoms with E-state index in [9.17, 15) is 40.5 Å². The summed E-state index contributed by atoms with van der Waals surface area (Å²) in [6.45, 7) is 3.83. The third-order valence-corrected chi connectivity index (χ3v) is 13.6. The zero-order valence-electron chi connectivity index (χ0n) is 40.2. The van der Waals surface area contributed by atoms with Gasteiger partial charge in [0.05, 0.1) is 37.0 Å². The molecule has 9 N–H and O–H groups in total. The Balaban J connectivity index is 0.0000372. The Morgan fingerprint density at radius 2 is 0.806 bits per heavy atom. The summed E-state index contributed by atoms with van der Waals surface area (Å²) in [7, 11) is 0. The molecule has 0 bridgehead atoms. The molecule has 1 saturated carbocycles. The number of amides is 1. The van der Waals surface area contributed by atoms with Crippen LogP contribution < -0.4 is 10.6 Å². The highest BCUT2D eigenvalue weighted by Crippen LogP contribution is 2.27. The first-order valence-electron chi connectivity index (χ1n) is 26.4. The van der Waals surface area contributed by atoms with E-state index in [1.165, 1.54) is 180 Å². The van der Waals surface area contributed by atoms with Crippen LogP contribution in [0.2, 0.25) is 0 Å². The molecule has 0 unspecified atom stereocenters. The van der Waals surface area contributed by atoms with Gasteiger partial charge in [0.15, 0.2) is 0 Å². The second-order valence-electron chi connectivity index (χ2n) is 19.2. The van der Waals surface area contributed by atoms with E-state index in [1.807, 2.05) is 0 Å². The minimum absolute atomic E-state index is 0. The fraction of sp³-hybridized carbons (Fsp3) is 0.980. The minimum Gasteiger partial charge on any atom is -0.396 e. The fourth-order valence-corrected chi connectivity index (χ4v) is 9.30. The molecule has 0 spiro atoms. The molecule has 0 radical (unpaired) electrons. The van der Waals surface area contributed by atoms with Crippen molar-refractivity contribution >= 4 is 18.3 Å². The largest absolute Gasteiger partial charge is 0.396 e. The lowest BCUT2D eigenvalue weighted by Gasteiger charge is -2.44. The van der Waals surface area contributed by atoms with Gasteiger partial charge in [0, 0.05) is 18.9 Å². The number of hydrogen-bond donors (Lipinski definition) is 9. The van der Waals surface area contributed by atoms with Gasteiger partial charge in [0.25, 0.3) is 0 Å². The molecule has 1 amide bonds. The van der Waals surface area contributed by atoms with E-state index < -0.39 is 61.2 Å². The highest BCUT2D eigenvalue weighted by Gasteiger charge is 2.48. The van der Waals surface area contributed by atoms with E-state index in [4.69, 9.17) is 0 Å². The molecule has 1 fully saturated rings.